The molecule has 3 rings (SSSR count). The molecule has 1 unspecified atom stereocenters. The number of rotatable bonds is 3. The molecule has 3 heteroatoms. The Morgan fingerprint density at radius 3 is 2.61 bits per heavy atom. The molecule has 3 nitrogen and oxygen atoms in total. The van der Waals surface area contributed by atoms with Crippen molar-refractivity contribution in [3.05, 3.63) is 59.2 Å². The first-order valence-electron chi connectivity index (χ1n) is 8.19. The van der Waals surface area contributed by atoms with Crippen LogP contribution in [-0.4, -0.2) is 18.6 Å². The first-order valence-corrected chi connectivity index (χ1v) is 8.19. The monoisotopic (exact) mass is 309 g/mol. The fourth-order valence-electron chi connectivity index (χ4n) is 3.16. The minimum Gasteiger partial charge on any atom is -0.481 e. The zero-order valence-corrected chi connectivity index (χ0v) is 14.0. The number of benzene rings is 2. The van der Waals surface area contributed by atoms with Gasteiger partial charge in [-0.2, -0.15) is 0 Å². The zero-order valence-electron chi connectivity index (χ0n) is 14.0. The van der Waals surface area contributed by atoms with Gasteiger partial charge in [0.1, 0.15) is 5.75 Å². The molecule has 0 saturated carbocycles. The van der Waals surface area contributed by atoms with Gasteiger partial charge in [-0.25, -0.2) is 0 Å². The molecule has 120 valence electrons. The molecule has 1 heterocycles. The molecule has 1 aliphatic rings. The van der Waals surface area contributed by atoms with Crippen molar-refractivity contribution >= 4 is 11.6 Å². The first kappa shape index (κ1) is 15.6. The quantitative estimate of drug-likeness (QED) is 0.856. The van der Waals surface area contributed by atoms with E-state index in [0.29, 0.717) is 0 Å². The zero-order chi connectivity index (χ0) is 16.4. The van der Waals surface area contributed by atoms with Crippen LogP contribution in [0.1, 0.15) is 30.0 Å². The minimum atomic E-state index is -0.497. The molecule has 2 aromatic carbocycles. The van der Waals surface area contributed by atoms with Crippen LogP contribution in [0.4, 0.5) is 5.69 Å². The van der Waals surface area contributed by atoms with E-state index in [1.54, 1.807) is 0 Å². The number of para-hydroxylation sites is 1. The van der Waals surface area contributed by atoms with Crippen LogP contribution in [0.15, 0.2) is 42.5 Å². The molecule has 0 N–H and O–H groups in total. The van der Waals surface area contributed by atoms with Gasteiger partial charge in [0.05, 0.1) is 0 Å². The molecule has 0 aliphatic carbocycles. The maximum atomic E-state index is 12.9. The third kappa shape index (κ3) is 3.24. The summed E-state index contributed by atoms with van der Waals surface area (Å²) in [6.07, 6.45) is 1.54. The van der Waals surface area contributed by atoms with Gasteiger partial charge in [-0.3, -0.25) is 4.79 Å². The summed E-state index contributed by atoms with van der Waals surface area (Å²) in [5.41, 5.74) is 4.66. The van der Waals surface area contributed by atoms with Gasteiger partial charge in [-0.15, -0.1) is 0 Å². The van der Waals surface area contributed by atoms with E-state index in [2.05, 4.69) is 25.1 Å². The number of hydrogen-bond donors (Lipinski definition) is 0. The van der Waals surface area contributed by atoms with Crippen molar-refractivity contribution < 1.29 is 9.53 Å². The Hall–Kier alpha value is -2.29. The van der Waals surface area contributed by atoms with Gasteiger partial charge in [-0.1, -0.05) is 35.9 Å². The van der Waals surface area contributed by atoms with Crippen molar-refractivity contribution in [3.8, 4) is 5.75 Å². The number of hydrogen-bond acceptors (Lipinski definition) is 2. The summed E-state index contributed by atoms with van der Waals surface area (Å²) >= 11 is 0. The Bertz CT molecular complexity index is 706. The fourth-order valence-corrected chi connectivity index (χ4v) is 3.16. The van der Waals surface area contributed by atoms with E-state index in [4.69, 9.17) is 4.74 Å². The Balaban J connectivity index is 1.80. The lowest BCUT2D eigenvalue weighted by Crippen LogP contribution is -2.43. The highest BCUT2D eigenvalue weighted by molar-refractivity contribution is 5.98. The third-order valence-electron chi connectivity index (χ3n) is 4.37. The second-order valence-electron chi connectivity index (χ2n) is 6.25. The standard InChI is InChI=1S/C20H23NO2/c1-14-9-11-18(12-10-14)23-16(3)20(22)21-13-5-8-17-7-4-6-15(2)19(17)21/h4,6-7,9-12,16H,5,8,13H2,1-3H3. The van der Waals surface area contributed by atoms with E-state index in [1.807, 2.05) is 43.0 Å². The molecule has 1 aliphatic heterocycles. The van der Waals surface area contributed by atoms with Crippen LogP contribution in [0.25, 0.3) is 0 Å². The Morgan fingerprint density at radius 2 is 1.87 bits per heavy atom. The van der Waals surface area contributed by atoms with Crippen molar-refractivity contribution in [1.82, 2.24) is 0 Å². The second-order valence-corrected chi connectivity index (χ2v) is 6.25. The Morgan fingerprint density at radius 1 is 1.13 bits per heavy atom. The molecule has 1 amide bonds. The Labute approximate surface area is 137 Å². The van der Waals surface area contributed by atoms with Gasteiger partial charge in [0.15, 0.2) is 6.10 Å². The molecule has 2 aromatic rings. The molecular weight excluding hydrogens is 286 g/mol. The minimum absolute atomic E-state index is 0.0285. The van der Waals surface area contributed by atoms with Crippen LogP contribution in [0.3, 0.4) is 0 Å². The summed E-state index contributed by atoms with van der Waals surface area (Å²) in [4.78, 5) is 14.8. The van der Waals surface area contributed by atoms with Crippen LogP contribution < -0.4 is 9.64 Å². The highest BCUT2D eigenvalue weighted by Gasteiger charge is 2.28. The maximum absolute atomic E-state index is 12.9. The van der Waals surface area contributed by atoms with Crippen molar-refractivity contribution in [2.75, 3.05) is 11.4 Å². The predicted molar refractivity (Wildman–Crippen MR) is 93.1 cm³/mol. The van der Waals surface area contributed by atoms with Crippen molar-refractivity contribution in [2.24, 2.45) is 0 Å². The lowest BCUT2D eigenvalue weighted by Gasteiger charge is -2.32. The van der Waals surface area contributed by atoms with Crippen molar-refractivity contribution in [2.45, 2.75) is 39.7 Å². The number of carbonyl (C=O) groups is 1. The number of anilines is 1. The van der Waals surface area contributed by atoms with Crippen LogP contribution in [0.5, 0.6) is 5.75 Å². The summed E-state index contributed by atoms with van der Waals surface area (Å²) in [6.45, 7) is 6.69. The number of amides is 1. The summed E-state index contributed by atoms with van der Waals surface area (Å²) in [6, 6.07) is 14.1. The number of aryl methyl sites for hydroxylation is 3. The van der Waals surface area contributed by atoms with E-state index in [-0.39, 0.29) is 5.91 Å². The highest BCUT2D eigenvalue weighted by Crippen LogP contribution is 2.31. The third-order valence-corrected chi connectivity index (χ3v) is 4.37. The van der Waals surface area contributed by atoms with E-state index in [0.717, 1.165) is 36.4 Å². The predicted octanol–water partition coefficient (Wildman–Crippen LogP) is 4.05. The topological polar surface area (TPSA) is 29.5 Å². The van der Waals surface area contributed by atoms with Crippen molar-refractivity contribution in [1.29, 1.82) is 0 Å². The molecular formula is C20H23NO2. The molecule has 1 atom stereocenters. The largest absolute Gasteiger partial charge is 0.481 e. The van der Waals surface area contributed by atoms with E-state index < -0.39 is 6.10 Å². The van der Waals surface area contributed by atoms with E-state index in [1.165, 1.54) is 11.1 Å². The van der Waals surface area contributed by atoms with E-state index >= 15 is 0 Å². The summed E-state index contributed by atoms with van der Waals surface area (Å²) in [7, 11) is 0. The molecule has 0 saturated heterocycles. The summed E-state index contributed by atoms with van der Waals surface area (Å²) < 4.78 is 5.85. The normalized spacial score (nSPS) is 15.0. The van der Waals surface area contributed by atoms with Crippen LogP contribution in [0.2, 0.25) is 0 Å². The molecule has 23 heavy (non-hydrogen) atoms. The first-order chi connectivity index (χ1) is 11.1. The average Bonchev–Trinajstić information content (AvgIpc) is 2.56. The summed E-state index contributed by atoms with van der Waals surface area (Å²) in [5, 5.41) is 0. The molecule has 0 radical (unpaired) electrons. The van der Waals surface area contributed by atoms with Gasteiger partial charge < -0.3 is 9.64 Å². The molecule has 0 bridgehead atoms. The lowest BCUT2D eigenvalue weighted by molar-refractivity contribution is -0.124. The molecule has 0 fully saturated rings. The smallest absolute Gasteiger partial charge is 0.267 e. The fraction of sp³-hybridized carbons (Fsp3) is 0.350. The summed E-state index contributed by atoms with van der Waals surface area (Å²) in [5.74, 6) is 0.763. The number of ether oxygens (including phenoxy) is 1. The Kier molecular flexibility index (Phi) is 4.37. The van der Waals surface area contributed by atoms with E-state index in [9.17, 15) is 4.79 Å². The van der Waals surface area contributed by atoms with Crippen molar-refractivity contribution in [3.63, 3.8) is 0 Å². The number of carbonyl (C=O) groups excluding carboxylic acids is 1. The highest BCUT2D eigenvalue weighted by atomic mass is 16.5. The maximum Gasteiger partial charge on any atom is 0.267 e. The van der Waals surface area contributed by atoms with Crippen LogP contribution in [0, 0.1) is 13.8 Å². The van der Waals surface area contributed by atoms with Crippen LogP contribution >= 0.6 is 0 Å². The lowest BCUT2D eigenvalue weighted by atomic mass is 9.98. The average molecular weight is 309 g/mol. The molecule has 0 aromatic heterocycles. The van der Waals surface area contributed by atoms with Gasteiger partial charge >= 0.3 is 0 Å². The van der Waals surface area contributed by atoms with Gasteiger partial charge in [0.25, 0.3) is 5.91 Å². The molecule has 0 spiro atoms. The SMILES string of the molecule is Cc1ccc(OC(C)C(=O)N2CCCc3cccc(C)c32)cc1. The van der Waals surface area contributed by atoms with Crippen LogP contribution in [-0.2, 0) is 11.2 Å². The van der Waals surface area contributed by atoms with Gasteiger partial charge in [0, 0.05) is 12.2 Å². The second kappa shape index (κ2) is 6.45. The van der Waals surface area contributed by atoms with Gasteiger partial charge in [0.2, 0.25) is 0 Å². The number of fused-ring (bicyclic) bond motifs is 1. The number of nitrogens with zero attached hydrogens (tertiary/aromatic N) is 1. The van der Waals surface area contributed by atoms with Gasteiger partial charge in [-0.05, 0) is 56.9 Å².